The molecule has 4 heteroatoms. The molecule has 0 fully saturated rings. The van der Waals surface area contributed by atoms with Crippen molar-refractivity contribution in [3.63, 3.8) is 0 Å². The van der Waals surface area contributed by atoms with Crippen molar-refractivity contribution in [1.29, 1.82) is 0 Å². The van der Waals surface area contributed by atoms with E-state index in [4.69, 9.17) is 26.4 Å². The van der Waals surface area contributed by atoms with Crippen LogP contribution in [0, 0.1) is 0 Å². The molecule has 0 aliphatic rings. The van der Waals surface area contributed by atoms with Crippen molar-refractivity contribution >= 4 is 23.3 Å². The molecule has 17 heavy (non-hydrogen) atoms. The van der Waals surface area contributed by atoms with Gasteiger partial charge in [-0.1, -0.05) is 12.1 Å². The first-order valence-corrected chi connectivity index (χ1v) is 5.69. The van der Waals surface area contributed by atoms with Gasteiger partial charge in [0.2, 0.25) is 0 Å². The summed E-state index contributed by atoms with van der Waals surface area (Å²) in [4.78, 5) is 0. The molecule has 3 nitrogen and oxygen atoms in total. The van der Waals surface area contributed by atoms with Gasteiger partial charge in [0, 0.05) is 0 Å². The van der Waals surface area contributed by atoms with Gasteiger partial charge in [0.1, 0.15) is 0 Å². The zero-order valence-corrected chi connectivity index (χ0v) is 11.0. The first kappa shape index (κ1) is 13.5. The molecule has 0 atom stereocenters. The van der Waals surface area contributed by atoms with Gasteiger partial charge in [-0.05, 0) is 42.9 Å². The van der Waals surface area contributed by atoms with Crippen LogP contribution in [0.4, 0.5) is 0 Å². The molecule has 0 N–H and O–H groups in total. The van der Waals surface area contributed by atoms with Gasteiger partial charge in [-0.2, -0.15) is 0 Å². The van der Waals surface area contributed by atoms with Gasteiger partial charge in [-0.3, -0.25) is 0 Å². The van der Waals surface area contributed by atoms with Crippen LogP contribution >= 0.6 is 12.2 Å². The smallest absolute Gasteiger partial charge is 0.183 e. The van der Waals surface area contributed by atoms with E-state index in [9.17, 15) is 0 Å². The van der Waals surface area contributed by atoms with E-state index < -0.39 is 0 Å². The Morgan fingerprint density at radius 1 is 1.24 bits per heavy atom. The maximum absolute atomic E-state index is 5.21. The lowest BCUT2D eigenvalue weighted by Crippen LogP contribution is -1.96. The molecule has 92 valence electrons. The molecule has 0 heterocycles. The fraction of sp³-hybridized carbons (Fsp3) is 0.308. The molecule has 0 aliphatic carbocycles. The Morgan fingerprint density at radius 2 is 1.94 bits per heavy atom. The number of benzene rings is 1. The lowest BCUT2D eigenvalue weighted by Gasteiger charge is -2.07. The molecule has 1 aromatic rings. The maximum atomic E-state index is 5.21. The number of rotatable bonds is 5. The normalized spacial score (nSPS) is 10.3. The summed E-state index contributed by atoms with van der Waals surface area (Å²) in [6.45, 7) is 2.48. The number of hydrogen-bond acceptors (Lipinski definition) is 4. The fourth-order valence-electron chi connectivity index (χ4n) is 1.31. The van der Waals surface area contributed by atoms with Crippen LogP contribution in [0.15, 0.2) is 24.3 Å². The van der Waals surface area contributed by atoms with Crippen molar-refractivity contribution in [1.82, 2.24) is 0 Å². The highest BCUT2D eigenvalue weighted by molar-refractivity contribution is 7.80. The average Bonchev–Trinajstić information content (AvgIpc) is 2.36. The summed E-state index contributed by atoms with van der Waals surface area (Å²) in [5.74, 6) is 1.40. The molecule has 0 bridgehead atoms. The minimum atomic E-state index is 0.474. The van der Waals surface area contributed by atoms with E-state index in [0.717, 1.165) is 5.56 Å². The predicted molar refractivity (Wildman–Crippen MR) is 72.8 cm³/mol. The van der Waals surface area contributed by atoms with Gasteiger partial charge in [0.25, 0.3) is 0 Å². The van der Waals surface area contributed by atoms with Gasteiger partial charge in [0.15, 0.2) is 16.5 Å². The third-order valence-corrected chi connectivity index (χ3v) is 2.36. The monoisotopic (exact) mass is 252 g/mol. The molecule has 0 amide bonds. The molecular weight excluding hydrogens is 236 g/mol. The van der Waals surface area contributed by atoms with E-state index >= 15 is 0 Å². The van der Waals surface area contributed by atoms with Crippen LogP contribution in [-0.2, 0) is 4.74 Å². The van der Waals surface area contributed by atoms with Crippen LogP contribution in [-0.4, -0.2) is 25.9 Å². The van der Waals surface area contributed by atoms with Crippen molar-refractivity contribution in [3.8, 4) is 11.5 Å². The third-order valence-electron chi connectivity index (χ3n) is 2.11. The zero-order valence-electron chi connectivity index (χ0n) is 10.2. The van der Waals surface area contributed by atoms with Gasteiger partial charge < -0.3 is 14.2 Å². The van der Waals surface area contributed by atoms with E-state index in [1.165, 1.54) is 0 Å². The highest BCUT2D eigenvalue weighted by atomic mass is 32.1. The standard InChI is InChI=1S/C13H16O3S/c1-4-16-13(17)8-6-10-5-7-11(14-2)12(9-10)15-3/h5-9H,4H2,1-3H3/b8-6+. The summed E-state index contributed by atoms with van der Waals surface area (Å²) in [5, 5.41) is 0.474. The van der Waals surface area contributed by atoms with Gasteiger partial charge in [-0.15, -0.1) is 0 Å². The second-order valence-corrected chi connectivity index (χ2v) is 3.60. The van der Waals surface area contributed by atoms with Crippen molar-refractivity contribution in [2.45, 2.75) is 6.92 Å². The maximum Gasteiger partial charge on any atom is 0.183 e. The lowest BCUT2D eigenvalue weighted by molar-refractivity contribution is 0.339. The van der Waals surface area contributed by atoms with Crippen molar-refractivity contribution in [3.05, 3.63) is 29.8 Å². The molecule has 1 rings (SSSR count). The van der Waals surface area contributed by atoms with Crippen LogP contribution < -0.4 is 9.47 Å². The molecule has 1 aromatic carbocycles. The number of hydrogen-bond donors (Lipinski definition) is 0. The first-order chi connectivity index (χ1) is 8.21. The molecule has 0 saturated carbocycles. The summed E-state index contributed by atoms with van der Waals surface area (Å²) < 4.78 is 15.5. The molecule has 0 unspecified atom stereocenters. The molecule has 0 aromatic heterocycles. The summed E-state index contributed by atoms with van der Waals surface area (Å²) in [5.41, 5.74) is 0.977. The van der Waals surface area contributed by atoms with E-state index in [1.54, 1.807) is 20.3 Å². The van der Waals surface area contributed by atoms with E-state index in [2.05, 4.69) is 0 Å². The highest BCUT2D eigenvalue weighted by Crippen LogP contribution is 2.27. The SMILES string of the molecule is CCOC(=S)/C=C/c1ccc(OC)c(OC)c1. The second-order valence-electron chi connectivity index (χ2n) is 3.20. The van der Waals surface area contributed by atoms with Crippen molar-refractivity contribution in [2.75, 3.05) is 20.8 Å². The zero-order chi connectivity index (χ0) is 12.7. The summed E-state index contributed by atoms with van der Waals surface area (Å²) >= 11 is 5.00. The van der Waals surface area contributed by atoms with Crippen LogP contribution in [0.2, 0.25) is 0 Å². The molecule has 0 spiro atoms. The number of ether oxygens (including phenoxy) is 3. The Hall–Kier alpha value is -1.55. The Balaban J connectivity index is 2.82. The minimum Gasteiger partial charge on any atom is -0.493 e. The molecule has 0 radical (unpaired) electrons. The van der Waals surface area contributed by atoms with Gasteiger partial charge in [0.05, 0.1) is 20.8 Å². The average molecular weight is 252 g/mol. The fourth-order valence-corrected chi connectivity index (χ4v) is 1.50. The first-order valence-electron chi connectivity index (χ1n) is 5.28. The predicted octanol–water partition coefficient (Wildman–Crippen LogP) is 3.08. The minimum absolute atomic E-state index is 0.474. The Morgan fingerprint density at radius 3 is 2.53 bits per heavy atom. The Bertz CT molecular complexity index is 413. The lowest BCUT2D eigenvalue weighted by atomic mass is 10.2. The van der Waals surface area contributed by atoms with Crippen LogP contribution in [0.5, 0.6) is 11.5 Å². The van der Waals surface area contributed by atoms with E-state index in [-0.39, 0.29) is 0 Å². The number of methoxy groups -OCH3 is 2. The summed E-state index contributed by atoms with van der Waals surface area (Å²) in [7, 11) is 3.22. The van der Waals surface area contributed by atoms with Crippen LogP contribution in [0.3, 0.4) is 0 Å². The Kier molecular flexibility index (Phi) is 5.49. The topological polar surface area (TPSA) is 27.7 Å². The Labute approximate surface area is 107 Å². The van der Waals surface area contributed by atoms with Crippen molar-refractivity contribution in [2.24, 2.45) is 0 Å². The second kappa shape index (κ2) is 6.91. The van der Waals surface area contributed by atoms with Crippen LogP contribution in [0.1, 0.15) is 12.5 Å². The van der Waals surface area contributed by atoms with Gasteiger partial charge in [-0.25, -0.2) is 0 Å². The molecule has 0 aliphatic heterocycles. The molecular formula is C13H16O3S. The van der Waals surface area contributed by atoms with Crippen molar-refractivity contribution < 1.29 is 14.2 Å². The third kappa shape index (κ3) is 4.07. The van der Waals surface area contributed by atoms with E-state index in [0.29, 0.717) is 23.2 Å². The quantitative estimate of drug-likeness (QED) is 0.594. The van der Waals surface area contributed by atoms with Crippen LogP contribution in [0.25, 0.3) is 6.08 Å². The van der Waals surface area contributed by atoms with E-state index in [1.807, 2.05) is 31.2 Å². The number of thiocarbonyl (C=S) groups is 1. The largest absolute Gasteiger partial charge is 0.493 e. The summed E-state index contributed by atoms with van der Waals surface area (Å²) in [6.07, 6.45) is 3.63. The van der Waals surface area contributed by atoms with Gasteiger partial charge >= 0.3 is 0 Å². The molecule has 0 saturated heterocycles. The highest BCUT2D eigenvalue weighted by Gasteiger charge is 2.02. The summed E-state index contributed by atoms with van der Waals surface area (Å²) in [6, 6.07) is 5.65.